The number of nitrogens with one attached hydrogen (secondary N) is 2. The van der Waals surface area contributed by atoms with Gasteiger partial charge in [0.2, 0.25) is 5.91 Å². The highest BCUT2D eigenvalue weighted by Gasteiger charge is 2.40. The van der Waals surface area contributed by atoms with E-state index in [1.54, 1.807) is 44.2 Å². The number of fused-ring (bicyclic) bond motifs is 1. The number of ether oxygens (including phenoxy) is 1. The number of methoxy groups -OCH3 is 1. The molecular formula is C45H53F3N8O6. The second kappa shape index (κ2) is 17.0. The molecule has 4 fully saturated rings. The summed E-state index contributed by atoms with van der Waals surface area (Å²) >= 11 is 0. The maximum Gasteiger partial charge on any atom is 0.433 e. The zero-order valence-electron chi connectivity index (χ0n) is 35.3. The van der Waals surface area contributed by atoms with E-state index >= 15 is 0 Å². The van der Waals surface area contributed by atoms with Crippen LogP contribution in [0, 0.1) is 11.3 Å². The van der Waals surface area contributed by atoms with Crippen molar-refractivity contribution in [1.29, 1.82) is 0 Å². The van der Waals surface area contributed by atoms with Crippen LogP contribution >= 0.6 is 0 Å². The van der Waals surface area contributed by atoms with Crippen molar-refractivity contribution in [2.24, 2.45) is 11.3 Å². The lowest BCUT2D eigenvalue weighted by Crippen LogP contribution is -2.49. The Morgan fingerprint density at radius 3 is 2.34 bits per heavy atom. The van der Waals surface area contributed by atoms with Crippen LogP contribution in [0.2, 0.25) is 0 Å². The van der Waals surface area contributed by atoms with Crippen LogP contribution in [-0.4, -0.2) is 99.8 Å². The summed E-state index contributed by atoms with van der Waals surface area (Å²) in [4.78, 5) is 60.5. The van der Waals surface area contributed by atoms with Crippen molar-refractivity contribution in [2.45, 2.75) is 89.5 Å². The third kappa shape index (κ3) is 9.14. The summed E-state index contributed by atoms with van der Waals surface area (Å²) in [6.07, 6.45) is 5.78. The lowest BCUT2D eigenvalue weighted by atomic mass is 9.65. The van der Waals surface area contributed by atoms with Crippen LogP contribution in [0.3, 0.4) is 0 Å². The Balaban J connectivity index is 0.829. The number of carbonyl (C=O) groups is 4. The van der Waals surface area contributed by atoms with Gasteiger partial charge in [0.1, 0.15) is 17.1 Å². The Morgan fingerprint density at radius 2 is 1.68 bits per heavy atom. The summed E-state index contributed by atoms with van der Waals surface area (Å²) in [6, 6.07) is 11.3. The van der Waals surface area contributed by atoms with Gasteiger partial charge in [0.25, 0.3) is 11.8 Å². The number of urea groups is 1. The number of piperidine rings is 2. The number of aliphatic hydroxyl groups is 1. The number of aromatic nitrogens is 3. The standard InChI is InChI=1S/C45H53F3N8O6/c1-43(2,61)32-25-34-30(23-35(32)50-40(58)33-5-4-6-38(49-33)45(46,47)48)27-56(52-34)31-11-18-53(19-12-31)26-28-9-14-44(15-10-28)16-21-54(22-17-44)41(59)29-7-8-37(62-3)36(24-29)55-20-13-39(57)51-42(55)60/h4-8,23-25,27-28,31,61H,9-22,26H2,1-3H3,(H,50,58)(H,51,57,60). The van der Waals surface area contributed by atoms with E-state index in [2.05, 4.69) is 20.5 Å². The van der Waals surface area contributed by atoms with Crippen molar-refractivity contribution >= 4 is 46.0 Å². The fourth-order valence-corrected chi connectivity index (χ4v) is 9.69. The van der Waals surface area contributed by atoms with E-state index in [0.29, 0.717) is 47.1 Å². The average molecular weight is 859 g/mol. The number of alkyl halides is 3. The molecule has 4 aliphatic rings. The summed E-state index contributed by atoms with van der Waals surface area (Å²) < 4.78 is 47.3. The smallest absolute Gasteiger partial charge is 0.433 e. The molecule has 0 bridgehead atoms. The van der Waals surface area contributed by atoms with E-state index in [9.17, 15) is 37.5 Å². The van der Waals surface area contributed by atoms with Gasteiger partial charge in [0.05, 0.1) is 30.0 Å². The normalized spacial score (nSPS) is 19.5. The van der Waals surface area contributed by atoms with Crippen molar-refractivity contribution < 1.29 is 42.2 Å². The van der Waals surface area contributed by atoms with Crippen molar-refractivity contribution in [2.75, 3.05) is 56.6 Å². The minimum absolute atomic E-state index is 0.0696. The van der Waals surface area contributed by atoms with Gasteiger partial charge < -0.3 is 25.0 Å². The molecule has 3 saturated heterocycles. The predicted molar refractivity (Wildman–Crippen MR) is 225 cm³/mol. The number of anilines is 2. The summed E-state index contributed by atoms with van der Waals surface area (Å²) in [5.41, 5.74) is -0.440. The number of amides is 5. The Hall–Kier alpha value is -5.55. The van der Waals surface area contributed by atoms with Crippen LogP contribution in [0.1, 0.15) is 110 Å². The molecule has 5 amide bonds. The first-order chi connectivity index (χ1) is 29.5. The molecule has 14 nitrogen and oxygen atoms in total. The topological polar surface area (TPSA) is 162 Å². The van der Waals surface area contributed by atoms with E-state index in [1.807, 2.05) is 15.8 Å². The molecular weight excluding hydrogens is 806 g/mol. The van der Waals surface area contributed by atoms with Gasteiger partial charge in [-0.3, -0.25) is 29.3 Å². The molecule has 1 saturated carbocycles. The molecule has 5 heterocycles. The summed E-state index contributed by atoms with van der Waals surface area (Å²) in [6.45, 7) is 7.66. The van der Waals surface area contributed by atoms with Gasteiger partial charge in [-0.05, 0) is 119 Å². The van der Waals surface area contributed by atoms with Gasteiger partial charge >= 0.3 is 12.2 Å². The first-order valence-electron chi connectivity index (χ1n) is 21.4. The molecule has 0 radical (unpaired) electrons. The molecule has 3 aliphatic heterocycles. The second-order valence-corrected chi connectivity index (χ2v) is 17.9. The molecule has 17 heteroatoms. The van der Waals surface area contributed by atoms with Crippen molar-refractivity contribution in [3.05, 3.63) is 77.2 Å². The number of rotatable bonds is 9. The van der Waals surface area contributed by atoms with Crippen LogP contribution < -0.4 is 20.3 Å². The number of benzene rings is 2. The van der Waals surface area contributed by atoms with Gasteiger partial charge in [0, 0.05) is 74.1 Å². The third-order valence-corrected chi connectivity index (χ3v) is 13.3. The second-order valence-electron chi connectivity index (χ2n) is 17.9. The highest BCUT2D eigenvalue weighted by atomic mass is 19.4. The van der Waals surface area contributed by atoms with Crippen molar-refractivity contribution in [3.8, 4) is 5.75 Å². The monoisotopic (exact) mass is 858 g/mol. The fraction of sp³-hybridized carbons (Fsp3) is 0.511. The molecule has 0 unspecified atom stereocenters. The van der Waals surface area contributed by atoms with E-state index in [-0.39, 0.29) is 47.6 Å². The highest BCUT2D eigenvalue weighted by Crippen LogP contribution is 2.47. The largest absolute Gasteiger partial charge is 0.495 e. The lowest BCUT2D eigenvalue weighted by Gasteiger charge is -2.47. The highest BCUT2D eigenvalue weighted by molar-refractivity contribution is 6.07. The fourth-order valence-electron chi connectivity index (χ4n) is 9.69. The van der Waals surface area contributed by atoms with E-state index in [4.69, 9.17) is 9.84 Å². The quantitative estimate of drug-likeness (QED) is 0.159. The molecule has 2 aromatic carbocycles. The van der Waals surface area contributed by atoms with Crippen molar-refractivity contribution in [1.82, 2.24) is 29.9 Å². The van der Waals surface area contributed by atoms with Crippen LogP contribution in [0.15, 0.2) is 54.7 Å². The number of nitrogens with zero attached hydrogens (tertiary/aromatic N) is 6. The number of hydrogen-bond acceptors (Lipinski definition) is 9. The Kier molecular flexibility index (Phi) is 11.8. The number of halogens is 3. The maximum absolute atomic E-state index is 13.7. The zero-order valence-corrected chi connectivity index (χ0v) is 35.3. The number of imide groups is 1. The van der Waals surface area contributed by atoms with E-state index in [1.165, 1.54) is 18.1 Å². The summed E-state index contributed by atoms with van der Waals surface area (Å²) in [5, 5.41) is 21.6. The van der Waals surface area contributed by atoms with Gasteiger partial charge in [0.15, 0.2) is 0 Å². The van der Waals surface area contributed by atoms with Crippen LogP contribution in [0.25, 0.3) is 10.9 Å². The predicted octanol–water partition coefficient (Wildman–Crippen LogP) is 7.13. The van der Waals surface area contributed by atoms with Crippen LogP contribution in [0.4, 0.5) is 29.3 Å². The molecule has 1 spiro atoms. The first-order valence-corrected chi connectivity index (χ1v) is 21.4. The molecule has 0 atom stereocenters. The van der Waals surface area contributed by atoms with Gasteiger partial charge in [-0.2, -0.15) is 18.3 Å². The summed E-state index contributed by atoms with van der Waals surface area (Å²) in [5.74, 6) is -0.142. The molecule has 8 rings (SSSR count). The minimum Gasteiger partial charge on any atom is -0.495 e. The molecule has 2 aromatic heterocycles. The lowest BCUT2D eigenvalue weighted by molar-refractivity contribution is -0.141. The third-order valence-electron chi connectivity index (χ3n) is 13.3. The van der Waals surface area contributed by atoms with Crippen molar-refractivity contribution in [3.63, 3.8) is 0 Å². The van der Waals surface area contributed by atoms with Gasteiger partial charge in [-0.1, -0.05) is 6.07 Å². The van der Waals surface area contributed by atoms with Crippen LogP contribution in [-0.2, 0) is 16.6 Å². The average Bonchev–Trinajstić information content (AvgIpc) is 3.67. The van der Waals surface area contributed by atoms with Crippen LogP contribution in [0.5, 0.6) is 5.75 Å². The SMILES string of the molecule is COc1ccc(C(=O)N2CCC3(CCC(CN4CCC(n5cc6cc(NC(=O)c7cccc(C(F)(F)F)n7)c(C(C)(C)O)cc6n5)CC4)CC3)CC2)cc1N1CCC(=O)NC1=O. The molecule has 330 valence electrons. The maximum atomic E-state index is 13.7. The molecule has 62 heavy (non-hydrogen) atoms. The molecule has 4 aromatic rings. The first kappa shape index (κ1) is 43.1. The molecule has 3 N–H and O–H groups in total. The zero-order chi connectivity index (χ0) is 44.0. The number of carbonyl (C=O) groups excluding carboxylic acids is 4. The van der Waals surface area contributed by atoms with Gasteiger partial charge in [-0.25, -0.2) is 9.78 Å². The minimum atomic E-state index is -4.70. The Morgan fingerprint density at radius 1 is 0.952 bits per heavy atom. The number of pyridine rings is 1. The summed E-state index contributed by atoms with van der Waals surface area (Å²) in [7, 11) is 1.51. The molecule has 1 aliphatic carbocycles. The Labute approximate surface area is 357 Å². The Bertz CT molecular complexity index is 2350. The number of likely N-dealkylation sites (tertiary alicyclic amines) is 2. The number of hydrogen-bond donors (Lipinski definition) is 3. The van der Waals surface area contributed by atoms with E-state index < -0.39 is 29.4 Å². The van der Waals surface area contributed by atoms with Gasteiger partial charge in [-0.15, -0.1) is 0 Å². The van der Waals surface area contributed by atoms with E-state index in [0.717, 1.165) is 88.5 Å².